The molecule has 0 saturated heterocycles. The molecule has 0 aliphatic carbocycles. The minimum atomic E-state index is -0.849. The molecule has 2 rings (SSSR count). The summed E-state index contributed by atoms with van der Waals surface area (Å²) in [6, 6.07) is 9.64. The largest absolute Gasteiger partial charge is 0.465 e. The van der Waals surface area contributed by atoms with Crippen LogP contribution in [0.5, 0.6) is 0 Å². The Morgan fingerprint density at radius 1 is 1.10 bits per heavy atom. The predicted molar refractivity (Wildman–Crippen MR) is 76.2 cm³/mol. The zero-order chi connectivity index (χ0) is 14.4. The molecule has 0 spiro atoms. The molecule has 1 aromatic heterocycles. The van der Waals surface area contributed by atoms with E-state index in [1.165, 1.54) is 6.33 Å². The first-order valence-corrected chi connectivity index (χ1v) is 6.74. The number of aromatic nitrogens is 2. The van der Waals surface area contributed by atoms with E-state index >= 15 is 0 Å². The summed E-state index contributed by atoms with van der Waals surface area (Å²) in [5, 5.41) is 0. The van der Waals surface area contributed by atoms with E-state index in [1.807, 2.05) is 44.2 Å². The molecule has 0 N–H and O–H groups in total. The van der Waals surface area contributed by atoms with E-state index in [4.69, 9.17) is 4.74 Å². The number of benzene rings is 1. The summed E-state index contributed by atoms with van der Waals surface area (Å²) >= 11 is 0. The molecule has 0 saturated carbocycles. The SMILES string of the molecule is CCOC(=O)C(CC)(c1ccccc1)c1cncnc1. The summed E-state index contributed by atoms with van der Waals surface area (Å²) in [6.07, 6.45) is 5.41. The van der Waals surface area contributed by atoms with E-state index in [2.05, 4.69) is 9.97 Å². The molecule has 0 aliphatic rings. The number of ether oxygens (including phenoxy) is 1. The molecule has 0 fully saturated rings. The fourth-order valence-electron chi connectivity index (χ4n) is 2.45. The van der Waals surface area contributed by atoms with Crippen LogP contribution in [-0.4, -0.2) is 22.5 Å². The Morgan fingerprint density at radius 2 is 1.75 bits per heavy atom. The van der Waals surface area contributed by atoms with Crippen molar-refractivity contribution < 1.29 is 9.53 Å². The van der Waals surface area contributed by atoms with Gasteiger partial charge in [0.1, 0.15) is 11.7 Å². The maximum Gasteiger partial charge on any atom is 0.321 e. The maximum atomic E-state index is 12.6. The van der Waals surface area contributed by atoms with Crippen molar-refractivity contribution in [2.75, 3.05) is 6.61 Å². The van der Waals surface area contributed by atoms with Crippen molar-refractivity contribution in [2.45, 2.75) is 25.7 Å². The summed E-state index contributed by atoms with van der Waals surface area (Å²) in [5.74, 6) is -0.261. The third-order valence-corrected chi connectivity index (χ3v) is 3.47. The number of hydrogen-bond donors (Lipinski definition) is 0. The number of hydrogen-bond acceptors (Lipinski definition) is 4. The Morgan fingerprint density at radius 3 is 2.30 bits per heavy atom. The van der Waals surface area contributed by atoms with Gasteiger partial charge in [-0.1, -0.05) is 37.3 Å². The normalized spacial score (nSPS) is 13.5. The van der Waals surface area contributed by atoms with Crippen LogP contribution >= 0.6 is 0 Å². The topological polar surface area (TPSA) is 52.1 Å². The third-order valence-electron chi connectivity index (χ3n) is 3.47. The van der Waals surface area contributed by atoms with Gasteiger partial charge in [-0.05, 0) is 18.9 Å². The van der Waals surface area contributed by atoms with E-state index in [-0.39, 0.29) is 5.97 Å². The van der Waals surface area contributed by atoms with Crippen molar-refractivity contribution in [2.24, 2.45) is 0 Å². The lowest BCUT2D eigenvalue weighted by atomic mass is 9.73. The molecule has 4 nitrogen and oxygen atoms in total. The van der Waals surface area contributed by atoms with Gasteiger partial charge < -0.3 is 4.74 Å². The van der Waals surface area contributed by atoms with Gasteiger partial charge in [-0.3, -0.25) is 4.79 Å². The average molecular weight is 270 g/mol. The van der Waals surface area contributed by atoms with Crippen LogP contribution in [0.3, 0.4) is 0 Å². The monoisotopic (exact) mass is 270 g/mol. The number of carbonyl (C=O) groups is 1. The fourth-order valence-corrected chi connectivity index (χ4v) is 2.45. The van der Waals surface area contributed by atoms with Gasteiger partial charge >= 0.3 is 5.97 Å². The highest BCUT2D eigenvalue weighted by Gasteiger charge is 2.42. The first kappa shape index (κ1) is 14.2. The van der Waals surface area contributed by atoms with E-state index in [0.29, 0.717) is 13.0 Å². The Bertz CT molecular complexity index is 516. The molecule has 104 valence electrons. The number of nitrogens with zero attached hydrogens (tertiary/aromatic N) is 2. The summed E-state index contributed by atoms with van der Waals surface area (Å²) in [7, 11) is 0. The molecule has 2 aromatic rings. The standard InChI is InChI=1S/C16H18N2O2/c1-3-16(15(19)20-4-2,13-8-6-5-7-9-13)14-10-17-12-18-11-14/h5-12H,3-4H2,1-2H3. The fraction of sp³-hybridized carbons (Fsp3) is 0.312. The zero-order valence-electron chi connectivity index (χ0n) is 11.7. The summed E-state index contributed by atoms with van der Waals surface area (Å²) in [5.41, 5.74) is 0.807. The second-order valence-electron chi connectivity index (χ2n) is 4.47. The van der Waals surface area contributed by atoms with Crippen LogP contribution in [0.15, 0.2) is 49.1 Å². The summed E-state index contributed by atoms with van der Waals surface area (Å²) < 4.78 is 5.31. The minimum Gasteiger partial charge on any atom is -0.465 e. The molecule has 0 bridgehead atoms. The van der Waals surface area contributed by atoms with E-state index < -0.39 is 5.41 Å². The van der Waals surface area contributed by atoms with Gasteiger partial charge in [0.05, 0.1) is 6.61 Å². The smallest absolute Gasteiger partial charge is 0.321 e. The van der Waals surface area contributed by atoms with Crippen molar-refractivity contribution in [3.63, 3.8) is 0 Å². The highest BCUT2D eigenvalue weighted by atomic mass is 16.5. The highest BCUT2D eigenvalue weighted by molar-refractivity contribution is 5.87. The third kappa shape index (κ3) is 2.41. The van der Waals surface area contributed by atoms with Gasteiger partial charge in [-0.2, -0.15) is 0 Å². The van der Waals surface area contributed by atoms with Crippen molar-refractivity contribution in [3.05, 3.63) is 60.2 Å². The van der Waals surface area contributed by atoms with Crippen LogP contribution in [0.4, 0.5) is 0 Å². The van der Waals surface area contributed by atoms with Gasteiger partial charge in [-0.15, -0.1) is 0 Å². The van der Waals surface area contributed by atoms with E-state index in [1.54, 1.807) is 12.4 Å². The lowest BCUT2D eigenvalue weighted by molar-refractivity contribution is -0.148. The second kappa shape index (κ2) is 6.28. The average Bonchev–Trinajstić information content (AvgIpc) is 2.51. The van der Waals surface area contributed by atoms with Crippen LogP contribution in [0.25, 0.3) is 0 Å². The Kier molecular flexibility index (Phi) is 4.45. The van der Waals surface area contributed by atoms with Gasteiger partial charge in [0, 0.05) is 18.0 Å². The van der Waals surface area contributed by atoms with Crippen LogP contribution < -0.4 is 0 Å². The lowest BCUT2D eigenvalue weighted by Gasteiger charge is -2.30. The Labute approximate surface area is 118 Å². The molecular formula is C16H18N2O2. The number of carbonyl (C=O) groups excluding carboxylic acids is 1. The molecule has 0 radical (unpaired) electrons. The first-order chi connectivity index (χ1) is 9.75. The van der Waals surface area contributed by atoms with Crippen molar-refractivity contribution >= 4 is 5.97 Å². The molecule has 1 heterocycles. The van der Waals surface area contributed by atoms with Crippen molar-refractivity contribution in [3.8, 4) is 0 Å². The van der Waals surface area contributed by atoms with Gasteiger partial charge in [-0.25, -0.2) is 9.97 Å². The molecule has 1 atom stereocenters. The molecular weight excluding hydrogens is 252 g/mol. The maximum absolute atomic E-state index is 12.6. The van der Waals surface area contributed by atoms with Crippen LogP contribution in [0.1, 0.15) is 31.4 Å². The van der Waals surface area contributed by atoms with E-state index in [9.17, 15) is 4.79 Å². The van der Waals surface area contributed by atoms with Gasteiger partial charge in [0.15, 0.2) is 0 Å². The van der Waals surface area contributed by atoms with Crippen molar-refractivity contribution in [1.82, 2.24) is 9.97 Å². The second-order valence-corrected chi connectivity index (χ2v) is 4.47. The molecule has 0 aliphatic heterocycles. The molecule has 20 heavy (non-hydrogen) atoms. The first-order valence-electron chi connectivity index (χ1n) is 6.74. The number of rotatable bonds is 5. The van der Waals surface area contributed by atoms with E-state index in [0.717, 1.165) is 11.1 Å². The predicted octanol–water partition coefficient (Wildman–Crippen LogP) is 2.74. The van der Waals surface area contributed by atoms with Crippen LogP contribution in [0, 0.1) is 0 Å². The van der Waals surface area contributed by atoms with Crippen LogP contribution in [0.2, 0.25) is 0 Å². The Balaban J connectivity index is 2.61. The Hall–Kier alpha value is -2.23. The van der Waals surface area contributed by atoms with Crippen molar-refractivity contribution in [1.29, 1.82) is 0 Å². The highest BCUT2D eigenvalue weighted by Crippen LogP contribution is 2.36. The van der Waals surface area contributed by atoms with Gasteiger partial charge in [0.25, 0.3) is 0 Å². The van der Waals surface area contributed by atoms with Crippen LogP contribution in [-0.2, 0) is 14.9 Å². The summed E-state index contributed by atoms with van der Waals surface area (Å²) in [6.45, 7) is 4.13. The quantitative estimate of drug-likeness (QED) is 0.784. The molecule has 4 heteroatoms. The minimum absolute atomic E-state index is 0.261. The number of esters is 1. The molecule has 0 amide bonds. The summed E-state index contributed by atoms with van der Waals surface area (Å²) in [4.78, 5) is 20.7. The molecule has 1 aromatic carbocycles. The zero-order valence-corrected chi connectivity index (χ0v) is 11.7. The van der Waals surface area contributed by atoms with Gasteiger partial charge in [0.2, 0.25) is 0 Å². The lowest BCUT2D eigenvalue weighted by Crippen LogP contribution is -2.38. The molecule has 1 unspecified atom stereocenters.